The molecule has 0 unspecified atom stereocenters. The molecule has 98 valence electrons. The molecule has 2 heterocycles. The van der Waals surface area contributed by atoms with Gasteiger partial charge in [-0.1, -0.05) is 27.7 Å². The van der Waals surface area contributed by atoms with Crippen LogP contribution in [-0.4, -0.2) is 24.0 Å². The van der Waals surface area contributed by atoms with Gasteiger partial charge in [0.1, 0.15) is 12.0 Å². The number of rotatable bonds is 0. The molecule has 0 atom stereocenters. The number of hydrazine groups is 1. The summed E-state index contributed by atoms with van der Waals surface area (Å²) in [5.74, 6) is 5.95. The molecule has 1 amide bonds. The normalized spacial score (nSPS) is 17.9. The Balaban J connectivity index is 0.000000581. The number of carbonyl (C=O) groups excluding carboxylic acids is 1. The number of hydrogen-bond donors (Lipinski definition) is 2. The van der Waals surface area contributed by atoms with Crippen molar-refractivity contribution in [2.45, 2.75) is 34.1 Å². The molecular weight excluding hydrogens is 218 g/mol. The van der Waals surface area contributed by atoms with Crippen LogP contribution in [-0.2, 0) is 9.53 Å². The monoisotopic (exact) mass is 241 g/mol. The standard InChI is InChI=1S/C8H11N3O2.2C2H6/c9-11-3-4-13-7-5-10-2-1-6(7)8(11)12;2*1-2/h3-4,10H,1-2,5,9H2;2*1-2H3. The Morgan fingerprint density at radius 3 is 2.65 bits per heavy atom. The van der Waals surface area contributed by atoms with Crippen molar-refractivity contribution in [1.82, 2.24) is 10.3 Å². The summed E-state index contributed by atoms with van der Waals surface area (Å²) in [5.41, 5.74) is 0.672. The van der Waals surface area contributed by atoms with Crippen LogP contribution in [0.15, 0.2) is 23.8 Å². The van der Waals surface area contributed by atoms with Gasteiger partial charge < -0.3 is 10.1 Å². The second-order valence-electron chi connectivity index (χ2n) is 2.94. The molecular formula is C12H23N3O2. The van der Waals surface area contributed by atoms with Gasteiger partial charge in [-0.05, 0) is 13.0 Å². The summed E-state index contributed by atoms with van der Waals surface area (Å²) in [6, 6.07) is 0. The molecule has 0 spiro atoms. The fraction of sp³-hybridized carbons (Fsp3) is 0.583. The predicted molar refractivity (Wildman–Crippen MR) is 68.5 cm³/mol. The second kappa shape index (κ2) is 8.78. The lowest BCUT2D eigenvalue weighted by Gasteiger charge is -2.18. The molecule has 0 aromatic heterocycles. The third-order valence-electron chi connectivity index (χ3n) is 2.10. The maximum atomic E-state index is 11.6. The lowest BCUT2D eigenvalue weighted by molar-refractivity contribution is -0.125. The third kappa shape index (κ3) is 4.20. The van der Waals surface area contributed by atoms with Crippen molar-refractivity contribution in [2.75, 3.05) is 13.1 Å². The Morgan fingerprint density at radius 2 is 2.00 bits per heavy atom. The highest BCUT2D eigenvalue weighted by Crippen LogP contribution is 2.18. The summed E-state index contributed by atoms with van der Waals surface area (Å²) in [4.78, 5) is 11.6. The van der Waals surface area contributed by atoms with Crippen molar-refractivity contribution in [3.8, 4) is 0 Å². The van der Waals surface area contributed by atoms with Crippen molar-refractivity contribution >= 4 is 5.91 Å². The molecule has 17 heavy (non-hydrogen) atoms. The topological polar surface area (TPSA) is 67.6 Å². The molecule has 5 heteroatoms. The highest BCUT2D eigenvalue weighted by molar-refractivity contribution is 5.94. The molecule has 0 radical (unpaired) electrons. The van der Waals surface area contributed by atoms with Crippen molar-refractivity contribution in [3.05, 3.63) is 23.8 Å². The molecule has 2 aliphatic heterocycles. The first-order valence-corrected chi connectivity index (χ1v) is 6.13. The number of nitrogens with zero attached hydrogens (tertiary/aromatic N) is 1. The molecule has 0 saturated heterocycles. The van der Waals surface area contributed by atoms with E-state index >= 15 is 0 Å². The summed E-state index contributed by atoms with van der Waals surface area (Å²) in [6.07, 6.45) is 3.51. The van der Waals surface area contributed by atoms with Crippen LogP contribution in [0.1, 0.15) is 34.1 Å². The van der Waals surface area contributed by atoms with E-state index in [-0.39, 0.29) is 5.91 Å². The van der Waals surface area contributed by atoms with Crippen LogP contribution < -0.4 is 11.2 Å². The average Bonchev–Trinajstić information content (AvgIpc) is 2.56. The minimum atomic E-state index is -0.176. The zero-order chi connectivity index (χ0) is 13.3. The first-order valence-electron chi connectivity index (χ1n) is 6.13. The minimum absolute atomic E-state index is 0.176. The van der Waals surface area contributed by atoms with E-state index in [0.29, 0.717) is 24.3 Å². The number of carbonyl (C=O) groups is 1. The molecule has 0 bridgehead atoms. The van der Waals surface area contributed by atoms with Crippen LogP contribution in [0.4, 0.5) is 0 Å². The minimum Gasteiger partial charge on any atom is -0.466 e. The average molecular weight is 241 g/mol. The molecule has 0 aromatic carbocycles. The molecule has 2 rings (SSSR count). The molecule has 0 saturated carbocycles. The Hall–Kier alpha value is -1.33. The van der Waals surface area contributed by atoms with Crippen LogP contribution in [0, 0.1) is 0 Å². The van der Waals surface area contributed by atoms with E-state index in [1.54, 1.807) is 0 Å². The molecule has 0 aromatic rings. The van der Waals surface area contributed by atoms with Crippen molar-refractivity contribution in [2.24, 2.45) is 5.84 Å². The van der Waals surface area contributed by atoms with Gasteiger partial charge in [-0.15, -0.1) is 0 Å². The Bertz CT molecular complexity index is 298. The van der Waals surface area contributed by atoms with Crippen LogP contribution in [0.2, 0.25) is 0 Å². The van der Waals surface area contributed by atoms with Gasteiger partial charge in [0.25, 0.3) is 5.91 Å². The first kappa shape index (κ1) is 15.7. The molecule has 5 nitrogen and oxygen atoms in total. The van der Waals surface area contributed by atoms with Gasteiger partial charge in [-0.2, -0.15) is 0 Å². The quantitative estimate of drug-likeness (QED) is 0.498. The fourth-order valence-corrected chi connectivity index (χ4v) is 1.40. The van der Waals surface area contributed by atoms with Crippen LogP contribution in [0.25, 0.3) is 0 Å². The van der Waals surface area contributed by atoms with E-state index in [1.165, 1.54) is 12.5 Å². The maximum Gasteiger partial charge on any atom is 0.271 e. The highest BCUT2D eigenvalue weighted by Gasteiger charge is 2.24. The largest absolute Gasteiger partial charge is 0.466 e. The number of amides is 1. The van der Waals surface area contributed by atoms with Crippen molar-refractivity contribution < 1.29 is 9.53 Å². The highest BCUT2D eigenvalue weighted by atomic mass is 16.5. The molecule has 0 fully saturated rings. The summed E-state index contributed by atoms with van der Waals surface area (Å²) in [5, 5.41) is 4.17. The zero-order valence-electron chi connectivity index (χ0n) is 11.1. The summed E-state index contributed by atoms with van der Waals surface area (Å²) in [6.45, 7) is 9.39. The number of hydrogen-bond acceptors (Lipinski definition) is 4. The molecule has 2 aliphatic rings. The second-order valence-corrected chi connectivity index (χ2v) is 2.94. The van der Waals surface area contributed by atoms with E-state index in [1.807, 2.05) is 27.7 Å². The van der Waals surface area contributed by atoms with Crippen LogP contribution >= 0.6 is 0 Å². The smallest absolute Gasteiger partial charge is 0.271 e. The lowest BCUT2D eigenvalue weighted by Crippen LogP contribution is -2.36. The SMILES string of the molecule is CC.CC.NN1C=COC2=C(CCNC2)C1=O. The van der Waals surface area contributed by atoms with Crippen molar-refractivity contribution in [1.29, 1.82) is 0 Å². The van der Waals surface area contributed by atoms with Gasteiger partial charge in [-0.3, -0.25) is 4.79 Å². The summed E-state index contributed by atoms with van der Waals surface area (Å²) in [7, 11) is 0. The third-order valence-corrected chi connectivity index (χ3v) is 2.10. The van der Waals surface area contributed by atoms with Gasteiger partial charge in [0.05, 0.1) is 18.3 Å². The summed E-state index contributed by atoms with van der Waals surface area (Å²) < 4.78 is 5.24. The van der Waals surface area contributed by atoms with E-state index in [0.717, 1.165) is 11.6 Å². The van der Waals surface area contributed by atoms with E-state index < -0.39 is 0 Å². The Morgan fingerprint density at radius 1 is 1.35 bits per heavy atom. The fourth-order valence-electron chi connectivity index (χ4n) is 1.40. The zero-order valence-corrected chi connectivity index (χ0v) is 11.1. The van der Waals surface area contributed by atoms with Gasteiger partial charge in [0, 0.05) is 0 Å². The number of nitrogens with two attached hydrogens (primary N) is 1. The van der Waals surface area contributed by atoms with E-state index in [2.05, 4.69) is 5.32 Å². The number of ether oxygens (including phenoxy) is 1. The van der Waals surface area contributed by atoms with Crippen LogP contribution in [0.5, 0.6) is 0 Å². The van der Waals surface area contributed by atoms with Gasteiger partial charge >= 0.3 is 0 Å². The maximum absolute atomic E-state index is 11.6. The Kier molecular flexibility index (Phi) is 8.09. The first-order chi connectivity index (χ1) is 8.29. The van der Waals surface area contributed by atoms with E-state index in [4.69, 9.17) is 10.6 Å². The van der Waals surface area contributed by atoms with E-state index in [9.17, 15) is 4.79 Å². The van der Waals surface area contributed by atoms with Gasteiger partial charge in [-0.25, -0.2) is 10.9 Å². The number of nitrogens with one attached hydrogen (secondary N) is 1. The summed E-state index contributed by atoms with van der Waals surface area (Å²) >= 11 is 0. The molecule has 0 aliphatic carbocycles. The van der Waals surface area contributed by atoms with Crippen molar-refractivity contribution in [3.63, 3.8) is 0 Å². The van der Waals surface area contributed by atoms with Gasteiger partial charge in [0.2, 0.25) is 0 Å². The predicted octanol–water partition coefficient (Wildman–Crippen LogP) is 1.49. The Labute approximate surface area is 103 Å². The lowest BCUT2D eigenvalue weighted by atomic mass is 10.1. The molecule has 3 N–H and O–H groups in total. The van der Waals surface area contributed by atoms with Crippen LogP contribution in [0.3, 0.4) is 0 Å². The van der Waals surface area contributed by atoms with Gasteiger partial charge in [0.15, 0.2) is 0 Å².